The van der Waals surface area contributed by atoms with Crippen LogP contribution in [0, 0.1) is 104 Å². The zero-order valence-corrected chi connectivity index (χ0v) is 45.4. The molecule has 12 rings (SSSR count). The second-order valence-electron chi connectivity index (χ2n) is 20.5. The molecule has 0 saturated carbocycles. The van der Waals surface area contributed by atoms with Crippen LogP contribution < -0.4 is 4.90 Å². The molecule has 0 amide bonds. The van der Waals surface area contributed by atoms with Crippen LogP contribution in [0.2, 0.25) is 0 Å². The van der Waals surface area contributed by atoms with Crippen LogP contribution in [0.1, 0.15) is 139 Å². The lowest BCUT2D eigenvalue weighted by molar-refractivity contribution is 0.672. The number of hydrogen-bond donors (Lipinski definition) is 0. The van der Waals surface area contributed by atoms with E-state index in [9.17, 15) is 27.4 Å². The van der Waals surface area contributed by atoms with Gasteiger partial charge in [0.15, 0.2) is 0 Å². The van der Waals surface area contributed by atoms with Crippen molar-refractivity contribution in [2.24, 2.45) is 0 Å². The summed E-state index contributed by atoms with van der Waals surface area (Å²) in [5.74, 6) is 0. The molecule has 0 N–H and O–H groups in total. The summed E-state index contributed by atoms with van der Waals surface area (Å²) in [7, 11) is 0. The number of hydrogen-bond acceptors (Lipinski definition) is 2. The number of benzene rings is 10. The summed E-state index contributed by atoms with van der Waals surface area (Å²) in [5, 5.41) is 0.170. The Morgan fingerprint density at radius 1 is 0.395 bits per heavy atom. The number of fused-ring (bicyclic) bond motifs is 8. The molecule has 1 aromatic heterocycles. The molecule has 1 heterocycles. The Morgan fingerprint density at radius 3 is 1.79 bits per heavy atom. The first-order chi connectivity index (χ1) is 46.5. The van der Waals surface area contributed by atoms with Gasteiger partial charge in [0.1, 0.15) is 11.2 Å². The first kappa shape index (κ1) is 28.8. The smallest absolute Gasteiger partial charge is 0.143 e. The van der Waals surface area contributed by atoms with Crippen LogP contribution in [0.25, 0.3) is 66.1 Å². The predicted octanol–water partition coefficient (Wildman–Crippen LogP) is 20.5. The molecule has 11 aromatic rings. The molecule has 2 nitrogen and oxygen atoms in total. The molecule has 376 valence electrons. The van der Waals surface area contributed by atoms with Gasteiger partial charge >= 0.3 is 0 Å². The van der Waals surface area contributed by atoms with Crippen LogP contribution in [-0.2, 0) is 5.41 Å². The quantitative estimate of drug-likeness (QED) is 0.158. The lowest BCUT2D eigenvalue weighted by atomic mass is 9.63. The van der Waals surface area contributed by atoms with E-state index in [0.717, 1.165) is 0 Å². The highest BCUT2D eigenvalue weighted by molar-refractivity contribution is 6.22. The number of anilines is 3. The van der Waals surface area contributed by atoms with Crippen LogP contribution in [-0.4, -0.2) is 0 Å². The van der Waals surface area contributed by atoms with Crippen molar-refractivity contribution in [1.82, 2.24) is 0 Å². The lowest BCUT2D eigenvalue weighted by Crippen LogP contribution is -2.32. The maximum absolute atomic E-state index is 11.0. The SMILES string of the molecule is [2H]c1c([2H])c([2H])c(-c2c(C)c3c(oc4c([2H])c(N(c5c([2H])c(C)c6c(c5C)C(c5c([2H])c([2H])c([2H])c([2H])c5[2H])(c5c([2H])c([2H])c(C)c(C)c5C)c5c(C)c([2H])c(C)c([2H])c5-6)c5c(C)c(C)c([2H])c([2H])c5-c5c([2H])c([2H])c(C)c(C)c5[2H])c(C)c([2H])c43)c3c([2H])c([2H])c(C)c(C)c23)c([2H])c1[2H]. The maximum Gasteiger partial charge on any atom is 0.143 e. The third-order valence-electron chi connectivity index (χ3n) is 16.1. The van der Waals surface area contributed by atoms with Crippen molar-refractivity contribution in [3.63, 3.8) is 0 Å². The first-order valence-electron chi connectivity index (χ1n) is 37.3. The van der Waals surface area contributed by atoms with Gasteiger partial charge in [-0.2, -0.15) is 0 Å². The van der Waals surface area contributed by atoms with E-state index in [2.05, 4.69) is 0 Å². The van der Waals surface area contributed by atoms with Gasteiger partial charge in [-0.1, -0.05) is 132 Å². The van der Waals surface area contributed by atoms with E-state index in [0.29, 0.717) is 27.8 Å². The Morgan fingerprint density at radius 2 is 1.05 bits per heavy atom. The molecule has 1 aliphatic carbocycles. The number of rotatable bonds is 7. The highest BCUT2D eigenvalue weighted by atomic mass is 16.3. The highest BCUT2D eigenvalue weighted by Crippen LogP contribution is 2.62. The van der Waals surface area contributed by atoms with E-state index in [4.69, 9.17) is 9.90 Å². The molecular weight excluding hydrogens is 919 g/mol. The highest BCUT2D eigenvalue weighted by Gasteiger charge is 2.50. The van der Waals surface area contributed by atoms with Crippen molar-refractivity contribution in [1.29, 1.82) is 0 Å². The van der Waals surface area contributed by atoms with E-state index in [1.807, 2.05) is 0 Å². The van der Waals surface area contributed by atoms with E-state index < -0.39 is 95.6 Å². The molecule has 10 aromatic carbocycles. The monoisotopic (exact) mass is 1010 g/mol. The molecule has 0 fully saturated rings. The molecule has 1 aliphatic rings. The van der Waals surface area contributed by atoms with Gasteiger partial charge in [-0.3, -0.25) is 0 Å². The standard InChI is InChI=1S/C74H69NO/c1-40-34-48(9)70-61(35-40)66-47(8)38-64(53(14)71(66)74(70,57-24-20-17-21-25-57)62-33-29-42(3)49(10)52(62)13)75(72-51(12)44(5)27-31-58(72)56-30-26-41(2)45(6)36-56)63-39-65-60(37-46(63)7)69-54(15)67(55-22-18-16-19-23-55)68-50(11)43(4)28-32-59(68)73(69)76-65/h16-39H,1-15H3/i16D,17D,18D,19D,20D,21D,22D,23D,24D,25D,26D,27D,28D,29D,30D,31D,32D,33D,34D,35D,36D,37D,38D,39D. The Labute approximate surface area is 484 Å². The fourth-order valence-corrected chi connectivity index (χ4v) is 11.8. The molecule has 0 saturated heterocycles. The molecule has 2 heteroatoms. The topological polar surface area (TPSA) is 16.4 Å². The summed E-state index contributed by atoms with van der Waals surface area (Å²) in [4.78, 5) is 1.41. The van der Waals surface area contributed by atoms with E-state index in [1.54, 1.807) is 96.9 Å². The molecule has 0 bridgehead atoms. The average molecular weight is 1010 g/mol. The van der Waals surface area contributed by atoms with Gasteiger partial charge in [-0.25, -0.2) is 0 Å². The summed E-state index contributed by atoms with van der Waals surface area (Å²) in [6.07, 6.45) is 0. The average Bonchev–Trinajstić information content (AvgIpc) is 1.47. The zero-order chi connectivity index (χ0) is 74.3. The molecular formula is C74H69NO. The normalized spacial score (nSPS) is 18.5. The van der Waals surface area contributed by atoms with Crippen LogP contribution in [0.15, 0.2) is 149 Å². The van der Waals surface area contributed by atoms with Gasteiger partial charge < -0.3 is 9.32 Å². The summed E-state index contributed by atoms with van der Waals surface area (Å²) < 4.78 is 241. The van der Waals surface area contributed by atoms with Gasteiger partial charge in [0.25, 0.3) is 0 Å². The third kappa shape index (κ3) is 6.99. The van der Waals surface area contributed by atoms with Gasteiger partial charge in [-0.15, -0.1) is 0 Å². The predicted molar refractivity (Wildman–Crippen MR) is 325 cm³/mol. The summed E-state index contributed by atoms with van der Waals surface area (Å²) in [6, 6.07) is -12.0. The summed E-state index contributed by atoms with van der Waals surface area (Å²) >= 11 is 0. The summed E-state index contributed by atoms with van der Waals surface area (Å²) in [5.41, 5.74) is -1.04. The van der Waals surface area contributed by atoms with Crippen molar-refractivity contribution in [3.05, 3.63) is 251 Å². The Kier molecular flexibility index (Phi) is 6.77. The van der Waals surface area contributed by atoms with Crippen molar-refractivity contribution in [2.75, 3.05) is 4.90 Å². The van der Waals surface area contributed by atoms with Crippen molar-refractivity contribution < 1.29 is 37.3 Å². The summed E-state index contributed by atoms with van der Waals surface area (Å²) in [6.45, 7) is 24.1. The van der Waals surface area contributed by atoms with Crippen LogP contribution >= 0.6 is 0 Å². The van der Waals surface area contributed by atoms with Gasteiger partial charge in [-0.05, 0) is 249 Å². The minimum absolute atomic E-state index is 0.00380. The van der Waals surface area contributed by atoms with Crippen molar-refractivity contribution >= 4 is 49.8 Å². The van der Waals surface area contributed by atoms with Crippen LogP contribution in [0.3, 0.4) is 0 Å². The van der Waals surface area contributed by atoms with E-state index in [1.165, 1.54) is 11.8 Å². The fourth-order valence-electron chi connectivity index (χ4n) is 11.8. The van der Waals surface area contributed by atoms with Crippen molar-refractivity contribution in [2.45, 2.75) is 109 Å². The first-order valence-corrected chi connectivity index (χ1v) is 25.3. The largest absolute Gasteiger partial charge is 0.455 e. The number of furan rings is 1. The van der Waals surface area contributed by atoms with Gasteiger partial charge in [0, 0.05) is 33.5 Å². The zero-order valence-electron chi connectivity index (χ0n) is 69.4. The van der Waals surface area contributed by atoms with Crippen LogP contribution in [0.4, 0.5) is 17.1 Å². The van der Waals surface area contributed by atoms with Gasteiger partial charge in [0.2, 0.25) is 0 Å². The molecule has 76 heavy (non-hydrogen) atoms. The Balaban J connectivity index is 1.41. The van der Waals surface area contributed by atoms with E-state index >= 15 is 0 Å². The second-order valence-corrected chi connectivity index (χ2v) is 20.5. The molecule has 1 atom stereocenters. The fraction of sp³-hybridized carbons (Fsp3) is 0.216. The number of aryl methyl sites for hydroxylation is 2. The molecule has 1 unspecified atom stereocenters. The van der Waals surface area contributed by atoms with Crippen molar-refractivity contribution in [3.8, 4) is 33.4 Å². The second kappa shape index (κ2) is 17.8. The maximum atomic E-state index is 11.0. The Hall–Kier alpha value is -7.94. The van der Waals surface area contributed by atoms with Gasteiger partial charge in [0.05, 0.1) is 49.7 Å². The minimum atomic E-state index is -2.41. The van der Waals surface area contributed by atoms with E-state index in [-0.39, 0.29) is 216 Å². The van der Waals surface area contributed by atoms with Crippen LogP contribution in [0.5, 0.6) is 0 Å². The molecule has 0 spiro atoms. The molecule has 0 radical (unpaired) electrons. The third-order valence-corrected chi connectivity index (χ3v) is 16.1. The minimum Gasteiger partial charge on any atom is -0.455 e. The number of nitrogens with zero attached hydrogens (tertiary/aromatic N) is 1. The Bertz CT molecular complexity index is 5540. The lowest BCUT2D eigenvalue weighted by Gasteiger charge is -2.39. The molecule has 0 aliphatic heterocycles.